The van der Waals surface area contributed by atoms with E-state index in [2.05, 4.69) is 24.2 Å². The molecule has 0 radical (unpaired) electrons. The van der Waals surface area contributed by atoms with Gasteiger partial charge in [0, 0.05) is 19.2 Å². The standard InChI is InChI=1S/C10H21N3O/c1-10(2,5-6-14)7-12-9(11)13-8-3-4-8/h8,14H,3-7H2,1-2H3,(H3,11,12,13). The van der Waals surface area contributed by atoms with Gasteiger partial charge in [-0.05, 0) is 24.7 Å². The fourth-order valence-corrected chi connectivity index (χ4v) is 1.16. The molecule has 1 fully saturated rings. The number of aliphatic imine (C=N–C) groups is 1. The summed E-state index contributed by atoms with van der Waals surface area (Å²) in [5.74, 6) is 0.540. The van der Waals surface area contributed by atoms with E-state index >= 15 is 0 Å². The van der Waals surface area contributed by atoms with Crippen LogP contribution in [-0.2, 0) is 0 Å². The summed E-state index contributed by atoms with van der Waals surface area (Å²) in [5.41, 5.74) is 5.73. The molecule has 82 valence electrons. The van der Waals surface area contributed by atoms with Crippen molar-refractivity contribution in [3.63, 3.8) is 0 Å². The van der Waals surface area contributed by atoms with E-state index in [-0.39, 0.29) is 12.0 Å². The molecule has 4 nitrogen and oxygen atoms in total. The lowest BCUT2D eigenvalue weighted by atomic mass is 9.90. The molecule has 0 bridgehead atoms. The monoisotopic (exact) mass is 199 g/mol. The Morgan fingerprint density at radius 2 is 2.21 bits per heavy atom. The summed E-state index contributed by atoms with van der Waals surface area (Å²) < 4.78 is 0. The Bertz CT molecular complexity index is 209. The van der Waals surface area contributed by atoms with Crippen molar-refractivity contribution < 1.29 is 5.11 Å². The Hall–Kier alpha value is -0.770. The third-order valence-corrected chi connectivity index (χ3v) is 2.40. The highest BCUT2D eigenvalue weighted by atomic mass is 16.3. The van der Waals surface area contributed by atoms with Crippen LogP contribution < -0.4 is 11.1 Å². The van der Waals surface area contributed by atoms with Crippen molar-refractivity contribution in [2.24, 2.45) is 16.1 Å². The topological polar surface area (TPSA) is 70.6 Å². The Morgan fingerprint density at radius 3 is 2.71 bits per heavy atom. The molecule has 4 heteroatoms. The largest absolute Gasteiger partial charge is 0.396 e. The normalized spacial score (nSPS) is 18.4. The highest BCUT2D eigenvalue weighted by Crippen LogP contribution is 2.20. The Balaban J connectivity index is 2.27. The molecule has 0 unspecified atom stereocenters. The molecule has 1 rings (SSSR count). The highest BCUT2D eigenvalue weighted by molar-refractivity contribution is 5.78. The van der Waals surface area contributed by atoms with Gasteiger partial charge in [0.2, 0.25) is 0 Å². The third kappa shape index (κ3) is 4.46. The predicted molar refractivity (Wildman–Crippen MR) is 58.1 cm³/mol. The van der Waals surface area contributed by atoms with E-state index in [1.165, 1.54) is 12.8 Å². The maximum atomic E-state index is 8.83. The molecule has 0 amide bonds. The van der Waals surface area contributed by atoms with Gasteiger partial charge in [-0.1, -0.05) is 13.8 Å². The van der Waals surface area contributed by atoms with Crippen molar-refractivity contribution in [2.75, 3.05) is 13.2 Å². The van der Waals surface area contributed by atoms with Crippen LogP contribution in [0.2, 0.25) is 0 Å². The van der Waals surface area contributed by atoms with Crippen LogP contribution in [0.15, 0.2) is 4.99 Å². The smallest absolute Gasteiger partial charge is 0.188 e. The van der Waals surface area contributed by atoms with Gasteiger partial charge in [0.1, 0.15) is 0 Å². The van der Waals surface area contributed by atoms with Gasteiger partial charge in [-0.15, -0.1) is 0 Å². The van der Waals surface area contributed by atoms with Crippen LogP contribution in [0, 0.1) is 5.41 Å². The van der Waals surface area contributed by atoms with E-state index in [4.69, 9.17) is 10.8 Å². The van der Waals surface area contributed by atoms with E-state index in [0.29, 0.717) is 18.5 Å². The molecule has 1 aliphatic rings. The Labute approximate surface area is 85.6 Å². The van der Waals surface area contributed by atoms with Crippen LogP contribution in [0.4, 0.5) is 0 Å². The minimum atomic E-state index is 0.0323. The van der Waals surface area contributed by atoms with Crippen molar-refractivity contribution in [2.45, 2.75) is 39.2 Å². The molecule has 0 aliphatic heterocycles. The molecule has 0 aromatic heterocycles. The van der Waals surface area contributed by atoms with Crippen LogP contribution in [0.1, 0.15) is 33.1 Å². The van der Waals surface area contributed by atoms with E-state index in [1.54, 1.807) is 0 Å². The average molecular weight is 199 g/mol. The molecule has 0 aromatic carbocycles. The summed E-state index contributed by atoms with van der Waals surface area (Å²) in [7, 11) is 0. The second kappa shape index (κ2) is 4.64. The fraction of sp³-hybridized carbons (Fsp3) is 0.900. The minimum absolute atomic E-state index is 0.0323. The predicted octanol–water partition coefficient (Wildman–Crippen LogP) is 0.462. The maximum Gasteiger partial charge on any atom is 0.188 e. The number of guanidine groups is 1. The van der Waals surface area contributed by atoms with Crippen LogP contribution in [-0.4, -0.2) is 30.3 Å². The molecule has 1 aliphatic carbocycles. The lowest BCUT2D eigenvalue weighted by molar-refractivity contribution is 0.217. The van der Waals surface area contributed by atoms with Gasteiger partial charge < -0.3 is 16.2 Å². The number of hydrogen-bond donors (Lipinski definition) is 3. The minimum Gasteiger partial charge on any atom is -0.396 e. The van der Waals surface area contributed by atoms with Crippen molar-refractivity contribution in [1.29, 1.82) is 0 Å². The Morgan fingerprint density at radius 1 is 1.57 bits per heavy atom. The van der Waals surface area contributed by atoms with Gasteiger partial charge in [0.25, 0.3) is 0 Å². The summed E-state index contributed by atoms with van der Waals surface area (Å²) >= 11 is 0. The van der Waals surface area contributed by atoms with E-state index in [1.807, 2.05) is 0 Å². The molecule has 4 N–H and O–H groups in total. The summed E-state index contributed by atoms with van der Waals surface area (Å²) in [5, 5.41) is 12.0. The summed E-state index contributed by atoms with van der Waals surface area (Å²) in [4.78, 5) is 4.27. The van der Waals surface area contributed by atoms with Crippen molar-refractivity contribution >= 4 is 5.96 Å². The first-order valence-corrected chi connectivity index (χ1v) is 5.21. The van der Waals surface area contributed by atoms with Crippen LogP contribution in [0.3, 0.4) is 0 Å². The summed E-state index contributed by atoms with van der Waals surface area (Å²) in [6.45, 7) is 5.03. The lowest BCUT2D eigenvalue weighted by Gasteiger charge is -2.21. The zero-order valence-electron chi connectivity index (χ0n) is 9.08. The Kier molecular flexibility index (Phi) is 3.75. The molecular formula is C10H21N3O. The number of rotatable bonds is 5. The number of nitrogens with two attached hydrogens (primary N) is 1. The van der Waals surface area contributed by atoms with Gasteiger partial charge in [0.05, 0.1) is 0 Å². The molecule has 1 saturated carbocycles. The van der Waals surface area contributed by atoms with Gasteiger partial charge in [0.15, 0.2) is 5.96 Å². The summed E-state index contributed by atoms with van der Waals surface area (Å²) in [6, 6.07) is 0.555. The van der Waals surface area contributed by atoms with Crippen LogP contribution in [0.5, 0.6) is 0 Å². The first-order valence-electron chi connectivity index (χ1n) is 5.21. The third-order valence-electron chi connectivity index (χ3n) is 2.40. The molecule has 14 heavy (non-hydrogen) atoms. The zero-order valence-corrected chi connectivity index (χ0v) is 9.08. The molecular weight excluding hydrogens is 178 g/mol. The van der Waals surface area contributed by atoms with Crippen LogP contribution >= 0.6 is 0 Å². The second-order valence-electron chi connectivity index (χ2n) is 4.76. The quantitative estimate of drug-likeness (QED) is 0.445. The number of aliphatic hydroxyl groups excluding tert-OH is 1. The highest BCUT2D eigenvalue weighted by Gasteiger charge is 2.22. The van der Waals surface area contributed by atoms with Gasteiger partial charge in [-0.25, -0.2) is 0 Å². The molecule has 0 saturated heterocycles. The second-order valence-corrected chi connectivity index (χ2v) is 4.76. The average Bonchev–Trinajstić information content (AvgIpc) is 2.85. The SMILES string of the molecule is CC(C)(CCO)CN=C(N)NC1CC1. The summed E-state index contributed by atoms with van der Waals surface area (Å²) in [6.07, 6.45) is 3.17. The van der Waals surface area contributed by atoms with Gasteiger partial charge >= 0.3 is 0 Å². The van der Waals surface area contributed by atoms with Crippen molar-refractivity contribution in [3.05, 3.63) is 0 Å². The zero-order chi connectivity index (χ0) is 10.6. The van der Waals surface area contributed by atoms with E-state index in [0.717, 1.165) is 6.42 Å². The van der Waals surface area contributed by atoms with Crippen molar-refractivity contribution in [3.8, 4) is 0 Å². The first kappa shape index (κ1) is 11.3. The molecule has 0 spiro atoms. The maximum absolute atomic E-state index is 8.83. The number of nitrogens with zero attached hydrogens (tertiary/aromatic N) is 1. The van der Waals surface area contributed by atoms with E-state index < -0.39 is 0 Å². The number of nitrogens with one attached hydrogen (secondary N) is 1. The van der Waals surface area contributed by atoms with Crippen molar-refractivity contribution in [1.82, 2.24) is 5.32 Å². The number of hydrogen-bond acceptors (Lipinski definition) is 2. The molecule has 0 heterocycles. The van der Waals surface area contributed by atoms with Gasteiger partial charge in [-0.3, -0.25) is 4.99 Å². The molecule has 0 aromatic rings. The van der Waals surface area contributed by atoms with E-state index in [9.17, 15) is 0 Å². The number of aliphatic hydroxyl groups is 1. The van der Waals surface area contributed by atoms with Crippen LogP contribution in [0.25, 0.3) is 0 Å². The van der Waals surface area contributed by atoms with Gasteiger partial charge in [-0.2, -0.15) is 0 Å². The first-order chi connectivity index (χ1) is 6.53. The molecule has 0 atom stereocenters. The lowest BCUT2D eigenvalue weighted by Crippen LogP contribution is -2.34. The fourth-order valence-electron chi connectivity index (χ4n) is 1.16.